The third-order valence-corrected chi connectivity index (χ3v) is 5.77. The van der Waals surface area contributed by atoms with E-state index in [-0.39, 0.29) is 6.61 Å². The summed E-state index contributed by atoms with van der Waals surface area (Å²) in [7, 11) is 0. The maximum Gasteiger partial charge on any atom is 0.331 e. The van der Waals surface area contributed by atoms with Crippen molar-refractivity contribution in [1.29, 1.82) is 0 Å². The van der Waals surface area contributed by atoms with Crippen LogP contribution in [0.25, 0.3) is 0 Å². The zero-order chi connectivity index (χ0) is 27.1. The Hall–Kier alpha value is -2.64. The standard InChI is InChI=1S/C28H46O8/c1-4-7-10-12-20-28(19-11-8-5-2,21-13-14-23-35-25(31)16-15-24(29)30)36-27(33)18-17-26(32)34-22-9-6-3/h15-18H,4-14,19-23H2,1-3H3,(H,29,30)/b16-15-,18-17-. The van der Waals surface area contributed by atoms with Crippen molar-refractivity contribution in [3.05, 3.63) is 24.3 Å². The van der Waals surface area contributed by atoms with Gasteiger partial charge in [-0.05, 0) is 51.4 Å². The Morgan fingerprint density at radius 2 is 1.03 bits per heavy atom. The molecule has 0 aliphatic rings. The molecule has 0 fully saturated rings. The molecule has 0 aliphatic carbocycles. The zero-order valence-electron chi connectivity index (χ0n) is 22.4. The lowest BCUT2D eigenvalue weighted by Gasteiger charge is -2.34. The quantitative estimate of drug-likeness (QED) is 0.0807. The average Bonchev–Trinajstić information content (AvgIpc) is 2.84. The maximum atomic E-state index is 12.7. The van der Waals surface area contributed by atoms with Crippen LogP contribution in [0, 0.1) is 0 Å². The fraction of sp³-hybridized carbons (Fsp3) is 0.714. The normalized spacial score (nSPS) is 13.0. The van der Waals surface area contributed by atoms with Crippen LogP contribution in [0.4, 0.5) is 0 Å². The van der Waals surface area contributed by atoms with Crippen LogP contribution >= 0.6 is 0 Å². The predicted molar refractivity (Wildman–Crippen MR) is 138 cm³/mol. The van der Waals surface area contributed by atoms with E-state index in [9.17, 15) is 19.2 Å². The molecule has 0 spiro atoms. The number of carbonyl (C=O) groups is 4. The number of esters is 3. The molecule has 1 unspecified atom stereocenters. The molecule has 206 valence electrons. The van der Waals surface area contributed by atoms with Gasteiger partial charge in [-0.3, -0.25) is 0 Å². The highest BCUT2D eigenvalue weighted by molar-refractivity contribution is 5.92. The Morgan fingerprint density at radius 1 is 0.583 bits per heavy atom. The van der Waals surface area contributed by atoms with Gasteiger partial charge in [-0.15, -0.1) is 0 Å². The molecule has 0 rings (SSSR count). The van der Waals surface area contributed by atoms with E-state index >= 15 is 0 Å². The van der Waals surface area contributed by atoms with Crippen LogP contribution in [0.15, 0.2) is 24.3 Å². The molecule has 8 heteroatoms. The van der Waals surface area contributed by atoms with E-state index in [1.807, 2.05) is 6.92 Å². The van der Waals surface area contributed by atoms with Gasteiger partial charge in [-0.1, -0.05) is 59.3 Å². The lowest BCUT2D eigenvalue weighted by molar-refractivity contribution is -0.157. The summed E-state index contributed by atoms with van der Waals surface area (Å²) >= 11 is 0. The van der Waals surface area contributed by atoms with E-state index in [2.05, 4.69) is 13.8 Å². The van der Waals surface area contributed by atoms with Crippen LogP contribution in [-0.2, 0) is 33.4 Å². The van der Waals surface area contributed by atoms with Gasteiger partial charge in [0, 0.05) is 24.3 Å². The molecule has 36 heavy (non-hydrogen) atoms. The Balaban J connectivity index is 5.15. The number of unbranched alkanes of at least 4 members (excludes halogenated alkanes) is 7. The van der Waals surface area contributed by atoms with Gasteiger partial charge in [0.25, 0.3) is 0 Å². The molecular formula is C28H46O8. The van der Waals surface area contributed by atoms with Crippen LogP contribution in [0.3, 0.4) is 0 Å². The van der Waals surface area contributed by atoms with Gasteiger partial charge < -0.3 is 19.3 Å². The number of carboxylic acids is 1. The number of carboxylic acid groups (broad SMARTS) is 1. The number of aliphatic carboxylic acids is 1. The van der Waals surface area contributed by atoms with E-state index in [4.69, 9.17) is 19.3 Å². The van der Waals surface area contributed by atoms with Crippen molar-refractivity contribution >= 4 is 23.9 Å². The SMILES string of the molecule is CCCCCCC(CCCCC)(CCCCOC(=O)/C=C\C(=O)O)OC(=O)/C=C\C(=O)OCCCC. The van der Waals surface area contributed by atoms with Crippen LogP contribution in [0.5, 0.6) is 0 Å². The summed E-state index contributed by atoms with van der Waals surface area (Å²) in [4.78, 5) is 46.6. The van der Waals surface area contributed by atoms with Gasteiger partial charge in [0.2, 0.25) is 0 Å². The summed E-state index contributed by atoms with van der Waals surface area (Å²) in [6.45, 7) is 6.74. The van der Waals surface area contributed by atoms with Crippen molar-refractivity contribution in [2.24, 2.45) is 0 Å². The number of hydrogen-bond acceptors (Lipinski definition) is 7. The van der Waals surface area contributed by atoms with E-state index in [0.29, 0.717) is 25.9 Å². The molecule has 0 heterocycles. The summed E-state index contributed by atoms with van der Waals surface area (Å²) in [6, 6.07) is 0. The second-order valence-electron chi connectivity index (χ2n) is 9.02. The average molecular weight is 511 g/mol. The fourth-order valence-electron chi connectivity index (χ4n) is 3.76. The molecule has 1 N–H and O–H groups in total. The molecule has 0 saturated heterocycles. The molecule has 0 aromatic rings. The molecule has 0 aliphatic heterocycles. The summed E-state index contributed by atoms with van der Waals surface area (Å²) in [5.41, 5.74) is -0.649. The first kappa shape index (κ1) is 33.4. The van der Waals surface area contributed by atoms with Gasteiger partial charge in [-0.2, -0.15) is 0 Å². The number of carbonyl (C=O) groups excluding carboxylic acids is 3. The smallest absolute Gasteiger partial charge is 0.331 e. The van der Waals surface area contributed by atoms with Gasteiger partial charge in [-0.25, -0.2) is 19.2 Å². The van der Waals surface area contributed by atoms with Crippen LogP contribution in [-0.4, -0.2) is 47.8 Å². The molecule has 0 saturated carbocycles. The predicted octanol–water partition coefficient (Wildman–Crippen LogP) is 6.07. The van der Waals surface area contributed by atoms with E-state index in [1.54, 1.807) is 0 Å². The highest BCUT2D eigenvalue weighted by atomic mass is 16.6. The van der Waals surface area contributed by atoms with Gasteiger partial charge in [0.15, 0.2) is 0 Å². The Bertz CT molecular complexity index is 698. The third-order valence-electron chi connectivity index (χ3n) is 5.77. The minimum absolute atomic E-state index is 0.154. The number of hydrogen-bond donors (Lipinski definition) is 1. The second kappa shape index (κ2) is 21.6. The van der Waals surface area contributed by atoms with Crippen LogP contribution in [0.2, 0.25) is 0 Å². The largest absolute Gasteiger partial charge is 0.478 e. The Kier molecular flexibility index (Phi) is 20.0. The summed E-state index contributed by atoms with van der Waals surface area (Å²) < 4.78 is 16.1. The molecule has 8 nitrogen and oxygen atoms in total. The molecule has 0 bridgehead atoms. The first-order valence-electron chi connectivity index (χ1n) is 13.4. The van der Waals surface area contributed by atoms with Crippen LogP contribution in [0.1, 0.15) is 111 Å². The lowest BCUT2D eigenvalue weighted by Crippen LogP contribution is -2.35. The van der Waals surface area contributed by atoms with Crippen molar-refractivity contribution in [1.82, 2.24) is 0 Å². The van der Waals surface area contributed by atoms with E-state index < -0.39 is 29.5 Å². The second-order valence-corrected chi connectivity index (χ2v) is 9.02. The van der Waals surface area contributed by atoms with Gasteiger partial charge in [0.1, 0.15) is 5.60 Å². The molecular weight excluding hydrogens is 464 g/mol. The molecule has 0 aromatic heterocycles. The van der Waals surface area contributed by atoms with Gasteiger partial charge in [0.05, 0.1) is 13.2 Å². The fourth-order valence-corrected chi connectivity index (χ4v) is 3.76. The van der Waals surface area contributed by atoms with Crippen molar-refractivity contribution < 1.29 is 38.5 Å². The summed E-state index contributed by atoms with van der Waals surface area (Å²) in [5.74, 6) is -3.02. The molecule has 1 atom stereocenters. The first-order valence-corrected chi connectivity index (χ1v) is 13.4. The highest BCUT2D eigenvalue weighted by Gasteiger charge is 2.32. The lowest BCUT2D eigenvalue weighted by atomic mass is 9.85. The van der Waals surface area contributed by atoms with Crippen LogP contribution < -0.4 is 0 Å². The minimum Gasteiger partial charge on any atom is -0.478 e. The molecule has 0 aromatic carbocycles. The highest BCUT2D eigenvalue weighted by Crippen LogP contribution is 2.32. The molecule has 0 radical (unpaired) electrons. The minimum atomic E-state index is -1.21. The maximum absolute atomic E-state index is 12.7. The van der Waals surface area contributed by atoms with Crippen molar-refractivity contribution in [2.75, 3.05) is 13.2 Å². The third kappa shape index (κ3) is 18.7. The Labute approximate surface area is 216 Å². The van der Waals surface area contributed by atoms with Crippen molar-refractivity contribution in [3.8, 4) is 0 Å². The summed E-state index contributed by atoms with van der Waals surface area (Å²) in [5, 5.41) is 8.58. The van der Waals surface area contributed by atoms with E-state index in [0.717, 1.165) is 94.9 Å². The summed E-state index contributed by atoms with van der Waals surface area (Å²) in [6.07, 6.45) is 16.1. The van der Waals surface area contributed by atoms with Gasteiger partial charge >= 0.3 is 23.9 Å². The Morgan fingerprint density at radius 3 is 1.58 bits per heavy atom. The van der Waals surface area contributed by atoms with E-state index in [1.165, 1.54) is 0 Å². The monoisotopic (exact) mass is 510 g/mol. The first-order chi connectivity index (χ1) is 17.3. The zero-order valence-corrected chi connectivity index (χ0v) is 22.4. The van der Waals surface area contributed by atoms with Crippen molar-refractivity contribution in [2.45, 2.75) is 116 Å². The molecule has 0 amide bonds. The van der Waals surface area contributed by atoms with Crippen molar-refractivity contribution in [3.63, 3.8) is 0 Å². The number of ether oxygens (including phenoxy) is 3. The topological polar surface area (TPSA) is 116 Å². The number of rotatable bonds is 22.